The number of nitrogens with zero attached hydrogens (tertiary/aromatic N) is 1. The number of hydrogen-bond acceptors (Lipinski definition) is 5. The van der Waals surface area contributed by atoms with E-state index in [4.69, 9.17) is 0 Å². The molecule has 4 amide bonds. The van der Waals surface area contributed by atoms with Crippen molar-refractivity contribution in [2.75, 3.05) is 7.11 Å². The Kier molecular flexibility index (Phi) is 4.69. The number of rotatable bonds is 4. The van der Waals surface area contributed by atoms with Gasteiger partial charge in [0.1, 0.15) is 6.04 Å². The van der Waals surface area contributed by atoms with Crippen LogP contribution in [-0.4, -0.2) is 47.9 Å². The monoisotopic (exact) mass is 345 g/mol. The quantitative estimate of drug-likeness (QED) is 0.610. The minimum absolute atomic E-state index is 0.122. The summed E-state index contributed by atoms with van der Waals surface area (Å²) in [4.78, 5) is 49.4. The van der Waals surface area contributed by atoms with E-state index in [1.807, 2.05) is 30.3 Å². The molecule has 25 heavy (non-hydrogen) atoms. The number of carbonyl (C=O) groups is 4. The summed E-state index contributed by atoms with van der Waals surface area (Å²) < 4.78 is 4.56. The molecule has 8 nitrogen and oxygen atoms in total. The fraction of sp³-hybridized carbons (Fsp3) is 0.412. The number of benzene rings is 1. The van der Waals surface area contributed by atoms with Gasteiger partial charge in [-0.15, -0.1) is 0 Å². The molecular formula is C17H19N3O5. The van der Waals surface area contributed by atoms with Crippen LogP contribution in [0.4, 0.5) is 4.79 Å². The molecule has 0 aliphatic carbocycles. The minimum Gasteiger partial charge on any atom is -0.469 e. The molecule has 0 unspecified atom stereocenters. The number of hydrogen-bond donors (Lipinski definition) is 2. The average Bonchev–Trinajstić information content (AvgIpc) is 2.89. The fourth-order valence-electron chi connectivity index (χ4n) is 3.28. The number of imide groups is 1. The van der Waals surface area contributed by atoms with E-state index in [1.165, 1.54) is 7.11 Å². The van der Waals surface area contributed by atoms with E-state index in [0.717, 1.165) is 10.5 Å². The maximum absolute atomic E-state index is 12.6. The van der Waals surface area contributed by atoms with Gasteiger partial charge < -0.3 is 15.4 Å². The first-order valence-electron chi connectivity index (χ1n) is 8.06. The van der Waals surface area contributed by atoms with Gasteiger partial charge in [0.15, 0.2) is 0 Å². The van der Waals surface area contributed by atoms with Crippen LogP contribution < -0.4 is 10.6 Å². The van der Waals surface area contributed by atoms with Gasteiger partial charge in [-0.3, -0.25) is 19.3 Å². The van der Waals surface area contributed by atoms with Crippen molar-refractivity contribution < 1.29 is 23.9 Å². The zero-order valence-electron chi connectivity index (χ0n) is 13.7. The van der Waals surface area contributed by atoms with Crippen LogP contribution in [0.25, 0.3) is 0 Å². The Hall–Kier alpha value is -2.90. The van der Waals surface area contributed by atoms with Crippen molar-refractivity contribution in [1.29, 1.82) is 0 Å². The molecule has 3 rings (SSSR count). The lowest BCUT2D eigenvalue weighted by Crippen LogP contribution is -2.52. The summed E-state index contributed by atoms with van der Waals surface area (Å²) in [7, 11) is 1.23. The van der Waals surface area contributed by atoms with Gasteiger partial charge in [0.25, 0.3) is 5.91 Å². The standard InChI is InChI=1S/C17H19N3O5/c1-25-14(22)9-11-16(23)20(17(24)18-11)12-7-8-13(21)19-15(12)10-5-3-2-4-6-10/h2-6,11-12,15H,7-9H2,1H3,(H,18,24)(H,19,21)/t11-,12+,15-/m0/s1. The normalized spacial score (nSPS) is 26.2. The first-order valence-corrected chi connectivity index (χ1v) is 8.06. The molecule has 0 saturated carbocycles. The molecule has 1 aromatic rings. The number of nitrogens with one attached hydrogen (secondary N) is 2. The van der Waals surface area contributed by atoms with Crippen LogP contribution in [0.1, 0.15) is 30.9 Å². The summed E-state index contributed by atoms with van der Waals surface area (Å²) in [6, 6.07) is 6.72. The number of ether oxygens (including phenoxy) is 1. The number of amides is 4. The Morgan fingerprint density at radius 3 is 2.60 bits per heavy atom. The van der Waals surface area contributed by atoms with Crippen LogP contribution in [-0.2, 0) is 19.1 Å². The maximum atomic E-state index is 12.6. The lowest BCUT2D eigenvalue weighted by atomic mass is 9.90. The van der Waals surface area contributed by atoms with Gasteiger partial charge >= 0.3 is 12.0 Å². The predicted octanol–water partition coefficient (Wildman–Crippen LogP) is 0.490. The average molecular weight is 345 g/mol. The molecule has 3 atom stereocenters. The number of urea groups is 1. The molecule has 2 saturated heterocycles. The molecule has 0 radical (unpaired) electrons. The molecule has 0 bridgehead atoms. The molecule has 0 aromatic heterocycles. The first kappa shape index (κ1) is 16.9. The van der Waals surface area contributed by atoms with E-state index < -0.39 is 36.0 Å². The Balaban J connectivity index is 1.85. The highest BCUT2D eigenvalue weighted by molar-refractivity contribution is 6.06. The van der Waals surface area contributed by atoms with Gasteiger partial charge in [-0.25, -0.2) is 4.79 Å². The number of carbonyl (C=O) groups excluding carboxylic acids is 4. The van der Waals surface area contributed by atoms with Crippen molar-refractivity contribution in [3.63, 3.8) is 0 Å². The summed E-state index contributed by atoms with van der Waals surface area (Å²) in [5.41, 5.74) is 0.817. The predicted molar refractivity (Wildman–Crippen MR) is 86.1 cm³/mol. The number of methoxy groups -OCH3 is 1. The maximum Gasteiger partial charge on any atom is 0.325 e. The fourth-order valence-corrected chi connectivity index (χ4v) is 3.28. The van der Waals surface area contributed by atoms with E-state index >= 15 is 0 Å². The minimum atomic E-state index is -0.936. The second-order valence-electron chi connectivity index (χ2n) is 6.05. The third-order valence-corrected chi connectivity index (χ3v) is 4.51. The molecule has 8 heteroatoms. The Morgan fingerprint density at radius 1 is 1.20 bits per heavy atom. The second kappa shape index (κ2) is 6.92. The molecule has 2 aliphatic rings. The van der Waals surface area contributed by atoms with E-state index in [2.05, 4.69) is 15.4 Å². The van der Waals surface area contributed by atoms with Crippen LogP contribution in [0.2, 0.25) is 0 Å². The van der Waals surface area contributed by atoms with Gasteiger partial charge in [-0.2, -0.15) is 0 Å². The van der Waals surface area contributed by atoms with Gasteiger partial charge in [0.2, 0.25) is 5.91 Å². The van der Waals surface area contributed by atoms with Crippen LogP contribution >= 0.6 is 0 Å². The molecule has 2 fully saturated rings. The van der Waals surface area contributed by atoms with Gasteiger partial charge in [-0.05, 0) is 12.0 Å². The number of piperidine rings is 1. The highest BCUT2D eigenvalue weighted by atomic mass is 16.5. The van der Waals surface area contributed by atoms with Crippen molar-refractivity contribution in [2.45, 2.75) is 37.4 Å². The van der Waals surface area contributed by atoms with Crippen LogP contribution in [0, 0.1) is 0 Å². The molecular weight excluding hydrogens is 326 g/mol. The molecule has 1 aromatic carbocycles. The third-order valence-electron chi connectivity index (χ3n) is 4.51. The molecule has 2 aliphatic heterocycles. The lowest BCUT2D eigenvalue weighted by molar-refractivity contribution is -0.143. The van der Waals surface area contributed by atoms with Crippen LogP contribution in [0.3, 0.4) is 0 Å². The highest BCUT2D eigenvalue weighted by Gasteiger charge is 2.47. The lowest BCUT2D eigenvalue weighted by Gasteiger charge is -2.36. The Morgan fingerprint density at radius 2 is 1.92 bits per heavy atom. The topological polar surface area (TPSA) is 105 Å². The van der Waals surface area contributed by atoms with Crippen molar-refractivity contribution in [2.24, 2.45) is 0 Å². The van der Waals surface area contributed by atoms with Crippen molar-refractivity contribution in [3.05, 3.63) is 35.9 Å². The van der Waals surface area contributed by atoms with E-state index in [1.54, 1.807) is 0 Å². The third kappa shape index (κ3) is 3.33. The Labute approximate surface area is 144 Å². The second-order valence-corrected chi connectivity index (χ2v) is 6.05. The molecule has 0 spiro atoms. The summed E-state index contributed by atoms with van der Waals surface area (Å²) in [6.07, 6.45) is 0.384. The zero-order chi connectivity index (χ0) is 18.0. The van der Waals surface area contributed by atoms with Crippen molar-refractivity contribution >= 4 is 23.8 Å². The van der Waals surface area contributed by atoms with E-state index in [9.17, 15) is 19.2 Å². The van der Waals surface area contributed by atoms with Crippen molar-refractivity contribution in [1.82, 2.24) is 15.5 Å². The summed E-state index contributed by atoms with van der Waals surface area (Å²) in [5, 5.41) is 5.39. The summed E-state index contributed by atoms with van der Waals surface area (Å²) in [5.74, 6) is -1.17. The van der Waals surface area contributed by atoms with Crippen LogP contribution in [0.5, 0.6) is 0 Å². The van der Waals surface area contributed by atoms with E-state index in [-0.39, 0.29) is 18.7 Å². The zero-order valence-corrected chi connectivity index (χ0v) is 13.7. The van der Waals surface area contributed by atoms with Gasteiger partial charge in [0.05, 0.1) is 25.6 Å². The molecule has 2 N–H and O–H groups in total. The summed E-state index contributed by atoms with van der Waals surface area (Å²) >= 11 is 0. The SMILES string of the molecule is COC(=O)C[C@@H]1NC(=O)N([C@@H]2CCC(=O)N[C@H]2c2ccccc2)C1=O. The Bertz CT molecular complexity index is 705. The highest BCUT2D eigenvalue weighted by Crippen LogP contribution is 2.30. The first-order chi connectivity index (χ1) is 12.0. The van der Waals surface area contributed by atoms with Gasteiger partial charge in [0, 0.05) is 6.42 Å². The molecule has 2 heterocycles. The van der Waals surface area contributed by atoms with Gasteiger partial charge in [-0.1, -0.05) is 30.3 Å². The van der Waals surface area contributed by atoms with E-state index in [0.29, 0.717) is 6.42 Å². The smallest absolute Gasteiger partial charge is 0.325 e. The van der Waals surface area contributed by atoms with Crippen molar-refractivity contribution in [3.8, 4) is 0 Å². The largest absolute Gasteiger partial charge is 0.469 e. The van der Waals surface area contributed by atoms with Crippen LogP contribution in [0.15, 0.2) is 30.3 Å². The molecule has 132 valence electrons. The number of esters is 1. The summed E-state index contributed by atoms with van der Waals surface area (Å²) in [6.45, 7) is 0.